The van der Waals surface area contributed by atoms with E-state index in [1.165, 1.54) is 28.9 Å². The van der Waals surface area contributed by atoms with E-state index in [9.17, 15) is 24.2 Å². The first-order valence-electron chi connectivity index (χ1n) is 12.1. The van der Waals surface area contributed by atoms with Gasteiger partial charge in [-0.25, -0.2) is 9.07 Å². The molecule has 0 saturated heterocycles. The third-order valence-corrected chi connectivity index (χ3v) is 5.74. The number of nitrogens with zero attached hydrogens (tertiary/aromatic N) is 2. The summed E-state index contributed by atoms with van der Waals surface area (Å²) < 4.78 is 26.2. The van der Waals surface area contributed by atoms with Gasteiger partial charge in [-0.2, -0.15) is 5.10 Å². The number of benzene rings is 2. The molecule has 1 amide bonds. The molecule has 0 aliphatic rings. The highest BCUT2D eigenvalue weighted by atomic mass is 19.1. The normalized spacial score (nSPS) is 12.7. The third kappa shape index (κ3) is 7.30. The molecule has 1 aromatic heterocycles. The van der Waals surface area contributed by atoms with E-state index < -0.39 is 36.3 Å². The van der Waals surface area contributed by atoms with Crippen LogP contribution in [0.15, 0.2) is 48.5 Å². The van der Waals surface area contributed by atoms with E-state index in [4.69, 9.17) is 14.6 Å². The Morgan fingerprint density at radius 3 is 2.39 bits per heavy atom. The highest BCUT2D eigenvalue weighted by molar-refractivity contribution is 5.94. The van der Waals surface area contributed by atoms with Crippen LogP contribution in [-0.4, -0.2) is 62.9 Å². The molecule has 38 heavy (non-hydrogen) atoms. The number of ether oxygens (including phenoxy) is 2. The molecule has 3 rings (SSSR count). The number of amides is 1. The lowest BCUT2D eigenvalue weighted by molar-refractivity contribution is -0.139. The maximum Gasteiger partial charge on any atom is 0.305 e. The second kappa shape index (κ2) is 13.0. The summed E-state index contributed by atoms with van der Waals surface area (Å²) >= 11 is 0. The van der Waals surface area contributed by atoms with E-state index in [-0.39, 0.29) is 37.1 Å². The summed E-state index contributed by atoms with van der Waals surface area (Å²) in [5, 5.41) is 36.4. The zero-order valence-electron chi connectivity index (χ0n) is 21.4. The second-order valence-electron chi connectivity index (χ2n) is 9.06. The van der Waals surface area contributed by atoms with Gasteiger partial charge in [-0.3, -0.25) is 9.59 Å². The number of hydrogen-bond acceptors (Lipinski definition) is 7. The van der Waals surface area contributed by atoms with Crippen molar-refractivity contribution in [3.8, 4) is 17.3 Å². The number of hydrogen-bond donors (Lipinski definition) is 4. The monoisotopic (exact) mass is 529 g/mol. The van der Waals surface area contributed by atoms with Crippen molar-refractivity contribution in [2.75, 3.05) is 13.7 Å². The number of aliphatic hydroxyl groups is 2. The number of halogens is 1. The SMILES string of the molecule is COc1ccccc1CNC(=O)c1nn(-c2ccc(F)cc2)c(OC[C@@H](O)C[C@@H](O)CC(=O)O)c1C(C)C. The molecule has 1 heterocycles. The van der Waals surface area contributed by atoms with Crippen LogP contribution < -0.4 is 14.8 Å². The average Bonchev–Trinajstić information content (AvgIpc) is 3.26. The number of aliphatic hydroxyl groups excluding tert-OH is 2. The quantitative estimate of drug-likeness (QED) is 0.265. The number of carbonyl (C=O) groups is 2. The first-order chi connectivity index (χ1) is 18.1. The average molecular weight is 530 g/mol. The molecule has 10 nitrogen and oxygen atoms in total. The standard InChI is InChI=1S/C27H32FN3O7/c1-16(2)24-25(26(36)29-14-17-6-4-5-7-22(17)37-3)30-31(19-10-8-18(28)9-11-19)27(24)38-15-21(33)12-20(32)13-23(34)35/h4-11,16,20-21,32-33H,12-15H2,1-3H3,(H,29,36)(H,34,35)/t20-,21+/m1/s1. The molecule has 11 heteroatoms. The smallest absolute Gasteiger partial charge is 0.305 e. The Kier molecular flexibility index (Phi) is 9.80. The molecular formula is C27H32FN3O7. The minimum atomic E-state index is -1.26. The molecular weight excluding hydrogens is 497 g/mol. The number of nitrogens with one attached hydrogen (secondary N) is 1. The molecule has 0 aliphatic carbocycles. The van der Waals surface area contributed by atoms with Crippen LogP contribution in [0, 0.1) is 5.82 Å². The van der Waals surface area contributed by atoms with Gasteiger partial charge in [-0.1, -0.05) is 32.0 Å². The van der Waals surface area contributed by atoms with Gasteiger partial charge in [0.15, 0.2) is 5.69 Å². The summed E-state index contributed by atoms with van der Waals surface area (Å²) in [5.41, 5.74) is 1.75. The van der Waals surface area contributed by atoms with Crippen molar-refractivity contribution in [2.45, 2.75) is 51.4 Å². The van der Waals surface area contributed by atoms with Gasteiger partial charge in [0.1, 0.15) is 18.2 Å². The Morgan fingerprint density at radius 2 is 1.76 bits per heavy atom. The van der Waals surface area contributed by atoms with Gasteiger partial charge in [0.25, 0.3) is 5.91 Å². The maximum absolute atomic E-state index is 13.6. The molecule has 2 aromatic carbocycles. The summed E-state index contributed by atoms with van der Waals surface area (Å²) in [7, 11) is 1.54. The Morgan fingerprint density at radius 1 is 1.08 bits per heavy atom. The molecule has 0 radical (unpaired) electrons. The van der Waals surface area contributed by atoms with Gasteiger partial charge in [0.2, 0.25) is 5.88 Å². The van der Waals surface area contributed by atoms with Crippen LogP contribution in [0.1, 0.15) is 54.2 Å². The summed E-state index contributed by atoms with van der Waals surface area (Å²) in [6, 6.07) is 12.7. The number of carbonyl (C=O) groups excluding carboxylic acids is 1. The number of carboxylic acid groups (broad SMARTS) is 1. The molecule has 2 atom stereocenters. The second-order valence-corrected chi connectivity index (χ2v) is 9.06. The van der Waals surface area contributed by atoms with Crippen LogP contribution in [0.5, 0.6) is 11.6 Å². The summed E-state index contributed by atoms with van der Waals surface area (Å²) in [6.45, 7) is 3.58. The van der Waals surface area contributed by atoms with Crippen molar-refractivity contribution in [2.24, 2.45) is 0 Å². The van der Waals surface area contributed by atoms with Crippen LogP contribution in [0.2, 0.25) is 0 Å². The van der Waals surface area contributed by atoms with E-state index >= 15 is 0 Å². The summed E-state index contributed by atoms with van der Waals surface area (Å²) in [4.78, 5) is 24.1. The Labute approximate surface area is 219 Å². The van der Waals surface area contributed by atoms with E-state index in [0.717, 1.165) is 5.56 Å². The number of para-hydroxylation sites is 1. The number of aromatic nitrogens is 2. The molecule has 3 aromatic rings. The molecule has 0 fully saturated rings. The predicted octanol–water partition coefficient (Wildman–Crippen LogP) is 3.04. The zero-order valence-corrected chi connectivity index (χ0v) is 21.4. The van der Waals surface area contributed by atoms with Crippen molar-refractivity contribution in [3.63, 3.8) is 0 Å². The number of methoxy groups -OCH3 is 1. The van der Waals surface area contributed by atoms with Crippen molar-refractivity contribution >= 4 is 11.9 Å². The lowest BCUT2D eigenvalue weighted by Gasteiger charge is -2.17. The van der Waals surface area contributed by atoms with E-state index in [1.54, 1.807) is 13.2 Å². The lowest BCUT2D eigenvalue weighted by Crippen LogP contribution is -2.26. The van der Waals surface area contributed by atoms with Gasteiger partial charge >= 0.3 is 5.97 Å². The fraction of sp³-hybridized carbons (Fsp3) is 0.370. The Bertz CT molecular complexity index is 1240. The van der Waals surface area contributed by atoms with Crippen LogP contribution >= 0.6 is 0 Å². The molecule has 0 spiro atoms. The summed E-state index contributed by atoms with van der Waals surface area (Å²) in [5.74, 6) is -1.56. The van der Waals surface area contributed by atoms with E-state index in [0.29, 0.717) is 17.0 Å². The summed E-state index contributed by atoms with van der Waals surface area (Å²) in [6.07, 6.45) is -3.18. The Balaban J connectivity index is 1.92. The number of carboxylic acids is 1. The van der Waals surface area contributed by atoms with Gasteiger partial charge in [-0.05, 0) is 36.2 Å². The highest BCUT2D eigenvalue weighted by Gasteiger charge is 2.28. The van der Waals surface area contributed by atoms with E-state index in [1.807, 2.05) is 32.0 Å². The molecule has 4 N–H and O–H groups in total. The van der Waals surface area contributed by atoms with Gasteiger partial charge in [-0.15, -0.1) is 0 Å². The predicted molar refractivity (Wildman–Crippen MR) is 136 cm³/mol. The zero-order chi connectivity index (χ0) is 27.8. The highest BCUT2D eigenvalue weighted by Crippen LogP contribution is 2.33. The van der Waals surface area contributed by atoms with Gasteiger partial charge < -0.3 is 30.1 Å². The fourth-order valence-corrected chi connectivity index (χ4v) is 3.95. The lowest BCUT2D eigenvalue weighted by atomic mass is 10.0. The van der Waals surface area contributed by atoms with Crippen molar-refractivity contribution < 1.29 is 38.8 Å². The van der Waals surface area contributed by atoms with Gasteiger partial charge in [0.05, 0.1) is 31.4 Å². The van der Waals surface area contributed by atoms with Crippen molar-refractivity contribution in [3.05, 3.63) is 71.2 Å². The minimum Gasteiger partial charge on any atom is -0.496 e. The first kappa shape index (κ1) is 28.6. The van der Waals surface area contributed by atoms with Crippen LogP contribution in [0.25, 0.3) is 5.69 Å². The van der Waals surface area contributed by atoms with Crippen LogP contribution in [0.4, 0.5) is 4.39 Å². The first-order valence-corrected chi connectivity index (χ1v) is 12.1. The largest absolute Gasteiger partial charge is 0.496 e. The van der Waals surface area contributed by atoms with Crippen LogP contribution in [0.3, 0.4) is 0 Å². The third-order valence-electron chi connectivity index (χ3n) is 5.74. The van der Waals surface area contributed by atoms with Gasteiger partial charge in [0, 0.05) is 24.1 Å². The molecule has 0 aliphatic heterocycles. The molecule has 0 saturated carbocycles. The topological polar surface area (TPSA) is 143 Å². The van der Waals surface area contributed by atoms with E-state index in [2.05, 4.69) is 10.4 Å². The molecule has 0 bridgehead atoms. The molecule has 204 valence electrons. The fourth-order valence-electron chi connectivity index (χ4n) is 3.95. The number of aliphatic carboxylic acids is 1. The van der Waals surface area contributed by atoms with Crippen LogP contribution in [-0.2, 0) is 11.3 Å². The van der Waals surface area contributed by atoms with Crippen molar-refractivity contribution in [1.82, 2.24) is 15.1 Å². The Hall–Kier alpha value is -3.96. The minimum absolute atomic E-state index is 0.0922. The van der Waals surface area contributed by atoms with Crippen molar-refractivity contribution in [1.29, 1.82) is 0 Å². The molecule has 0 unspecified atom stereocenters. The number of rotatable bonds is 13. The maximum atomic E-state index is 13.6.